The Bertz CT molecular complexity index is 1150. The van der Waals surface area contributed by atoms with E-state index in [4.69, 9.17) is 4.74 Å². The number of aliphatic hydroxyl groups excluding tert-OH is 1. The fourth-order valence-electron chi connectivity index (χ4n) is 5.22. The molecule has 0 aromatic heterocycles. The number of hydrogen-bond donors (Lipinski definition) is 3. The summed E-state index contributed by atoms with van der Waals surface area (Å²) >= 11 is 0. The Kier molecular flexibility index (Phi) is 9.45. The molecular formula is C30H40N4O5. The summed E-state index contributed by atoms with van der Waals surface area (Å²) in [6.07, 6.45) is 4.62. The van der Waals surface area contributed by atoms with E-state index in [0.717, 1.165) is 32.1 Å². The molecule has 2 aliphatic rings. The summed E-state index contributed by atoms with van der Waals surface area (Å²) in [5.74, 6) is -0.0396. The molecule has 0 unspecified atom stereocenters. The maximum atomic E-state index is 13.7. The molecule has 1 saturated carbocycles. The number of amides is 4. The molecule has 3 atom stereocenters. The van der Waals surface area contributed by atoms with Crippen LogP contribution in [0.4, 0.5) is 16.2 Å². The van der Waals surface area contributed by atoms with Crippen LogP contribution in [0.5, 0.6) is 5.75 Å². The van der Waals surface area contributed by atoms with Crippen LogP contribution in [0.25, 0.3) is 0 Å². The van der Waals surface area contributed by atoms with Crippen LogP contribution in [-0.4, -0.2) is 71.6 Å². The van der Waals surface area contributed by atoms with Crippen molar-refractivity contribution in [2.45, 2.75) is 58.1 Å². The van der Waals surface area contributed by atoms with Gasteiger partial charge in [0, 0.05) is 36.8 Å². The second-order valence-corrected chi connectivity index (χ2v) is 10.8. The van der Waals surface area contributed by atoms with Gasteiger partial charge in [0.2, 0.25) is 5.91 Å². The van der Waals surface area contributed by atoms with Gasteiger partial charge in [0.1, 0.15) is 11.9 Å². The molecular weight excluding hydrogens is 496 g/mol. The second-order valence-electron chi connectivity index (χ2n) is 10.8. The maximum Gasteiger partial charge on any atom is 0.321 e. The van der Waals surface area contributed by atoms with Gasteiger partial charge in [-0.2, -0.15) is 0 Å². The predicted molar refractivity (Wildman–Crippen MR) is 151 cm³/mol. The molecule has 1 heterocycles. The number of hydrogen-bond acceptors (Lipinski definition) is 5. The number of likely N-dealkylation sites (N-methyl/N-ethyl adjacent to an activating group) is 1. The molecule has 0 bridgehead atoms. The Morgan fingerprint density at radius 3 is 2.49 bits per heavy atom. The first-order valence-corrected chi connectivity index (χ1v) is 13.9. The highest BCUT2D eigenvalue weighted by Gasteiger charge is 2.34. The standard InChI is InChI=1S/C30H40N4O5/c1-20-17-34(21(2)19-35)29(37)25-16-24(31-28(36)22-10-6-4-7-11-22)14-15-26(25)39-27(20)18-33(3)30(38)32-23-12-8-5-9-13-23/h5,8-9,12-16,20-22,27,35H,4,6-7,10-11,17-19H2,1-3H3,(H,31,36)(H,32,38)/t20-,21-,27+/m0/s1. The van der Waals surface area contributed by atoms with Crippen molar-refractivity contribution in [1.82, 2.24) is 9.80 Å². The highest BCUT2D eigenvalue weighted by Crippen LogP contribution is 2.32. The van der Waals surface area contributed by atoms with E-state index in [0.29, 0.717) is 29.2 Å². The number of nitrogens with one attached hydrogen (secondary N) is 2. The summed E-state index contributed by atoms with van der Waals surface area (Å²) < 4.78 is 6.38. The third-order valence-electron chi connectivity index (χ3n) is 7.73. The van der Waals surface area contributed by atoms with Crippen molar-refractivity contribution in [3.05, 3.63) is 54.1 Å². The van der Waals surface area contributed by atoms with Crippen LogP contribution in [0, 0.1) is 11.8 Å². The highest BCUT2D eigenvalue weighted by molar-refractivity contribution is 6.00. The number of nitrogens with zero attached hydrogens (tertiary/aromatic N) is 2. The topological polar surface area (TPSA) is 111 Å². The van der Waals surface area contributed by atoms with Crippen LogP contribution in [-0.2, 0) is 4.79 Å². The summed E-state index contributed by atoms with van der Waals surface area (Å²) in [4.78, 5) is 42.6. The van der Waals surface area contributed by atoms with Gasteiger partial charge in [-0.15, -0.1) is 0 Å². The van der Waals surface area contributed by atoms with Gasteiger partial charge in [0.25, 0.3) is 5.91 Å². The van der Waals surface area contributed by atoms with Gasteiger partial charge in [0.15, 0.2) is 0 Å². The smallest absolute Gasteiger partial charge is 0.321 e. The van der Waals surface area contributed by atoms with Crippen LogP contribution in [0.2, 0.25) is 0 Å². The maximum absolute atomic E-state index is 13.7. The summed E-state index contributed by atoms with van der Waals surface area (Å²) in [6.45, 7) is 4.22. The zero-order valence-electron chi connectivity index (χ0n) is 23.1. The van der Waals surface area contributed by atoms with Crippen LogP contribution in [0.15, 0.2) is 48.5 Å². The minimum Gasteiger partial charge on any atom is -0.487 e. The molecule has 9 nitrogen and oxygen atoms in total. The van der Waals surface area contributed by atoms with Gasteiger partial charge in [0.05, 0.1) is 24.8 Å². The number of aliphatic hydroxyl groups is 1. The van der Waals surface area contributed by atoms with Gasteiger partial charge in [-0.25, -0.2) is 4.79 Å². The van der Waals surface area contributed by atoms with Gasteiger partial charge >= 0.3 is 6.03 Å². The van der Waals surface area contributed by atoms with Gasteiger partial charge in [-0.05, 0) is 50.1 Å². The lowest BCUT2D eigenvalue weighted by atomic mass is 9.88. The number of carbonyl (C=O) groups is 3. The first kappa shape index (κ1) is 28.4. The van der Waals surface area contributed by atoms with Crippen molar-refractivity contribution in [3.63, 3.8) is 0 Å². The van der Waals surface area contributed by atoms with E-state index in [1.807, 2.05) is 37.3 Å². The number of fused-ring (bicyclic) bond motifs is 1. The van der Waals surface area contributed by atoms with E-state index in [1.54, 1.807) is 42.0 Å². The average molecular weight is 537 g/mol. The fraction of sp³-hybridized carbons (Fsp3) is 0.500. The molecule has 0 spiro atoms. The molecule has 9 heteroatoms. The largest absolute Gasteiger partial charge is 0.487 e. The van der Waals surface area contributed by atoms with Gasteiger partial charge in [-0.1, -0.05) is 44.4 Å². The molecule has 39 heavy (non-hydrogen) atoms. The Hall–Kier alpha value is -3.59. The molecule has 4 amide bonds. The molecule has 0 saturated heterocycles. The van der Waals surface area contributed by atoms with E-state index in [2.05, 4.69) is 10.6 Å². The zero-order valence-corrected chi connectivity index (χ0v) is 23.1. The lowest BCUT2D eigenvalue weighted by molar-refractivity contribution is -0.120. The van der Waals surface area contributed by atoms with Crippen molar-refractivity contribution >= 4 is 29.2 Å². The first-order valence-electron chi connectivity index (χ1n) is 13.9. The number of para-hydroxylation sites is 1. The molecule has 0 radical (unpaired) electrons. The second kappa shape index (κ2) is 13.0. The summed E-state index contributed by atoms with van der Waals surface area (Å²) in [5.41, 5.74) is 1.56. The molecule has 1 aliphatic heterocycles. The summed E-state index contributed by atoms with van der Waals surface area (Å²) in [5, 5.41) is 15.8. The van der Waals surface area contributed by atoms with E-state index in [-0.39, 0.29) is 42.8 Å². The third-order valence-corrected chi connectivity index (χ3v) is 7.73. The van der Waals surface area contributed by atoms with E-state index in [9.17, 15) is 19.5 Å². The molecule has 4 rings (SSSR count). The summed E-state index contributed by atoms with van der Waals surface area (Å²) in [6, 6.07) is 13.7. The Morgan fingerprint density at radius 1 is 1.08 bits per heavy atom. The SMILES string of the molecule is C[C@H]1CN([C@@H](C)CO)C(=O)c2cc(NC(=O)C3CCCCC3)ccc2O[C@@H]1CN(C)C(=O)Nc1ccccc1. The minimum absolute atomic E-state index is 0.0126. The van der Waals surface area contributed by atoms with E-state index >= 15 is 0 Å². The molecule has 2 aromatic carbocycles. The number of carbonyl (C=O) groups excluding carboxylic acids is 3. The Morgan fingerprint density at radius 2 is 1.79 bits per heavy atom. The highest BCUT2D eigenvalue weighted by atomic mass is 16.5. The lowest BCUT2D eigenvalue weighted by Crippen LogP contribution is -2.50. The fourth-order valence-corrected chi connectivity index (χ4v) is 5.22. The monoisotopic (exact) mass is 536 g/mol. The lowest BCUT2D eigenvalue weighted by Gasteiger charge is -2.38. The number of urea groups is 1. The van der Waals surface area contributed by atoms with Gasteiger partial charge in [-0.3, -0.25) is 9.59 Å². The number of ether oxygens (including phenoxy) is 1. The van der Waals surface area contributed by atoms with E-state index in [1.165, 1.54) is 0 Å². The number of benzene rings is 2. The zero-order chi connectivity index (χ0) is 27.9. The molecule has 1 fully saturated rings. The van der Waals surface area contributed by atoms with Crippen LogP contribution < -0.4 is 15.4 Å². The van der Waals surface area contributed by atoms with Crippen molar-refractivity contribution in [2.24, 2.45) is 11.8 Å². The normalized spacial score (nSPS) is 20.6. The molecule has 2 aromatic rings. The molecule has 210 valence electrons. The predicted octanol–water partition coefficient (Wildman–Crippen LogP) is 4.59. The Balaban J connectivity index is 1.56. The Labute approximate surface area is 230 Å². The van der Waals surface area contributed by atoms with Crippen molar-refractivity contribution in [2.75, 3.05) is 37.4 Å². The number of rotatable bonds is 7. The van der Waals surface area contributed by atoms with Crippen LogP contribution in [0.1, 0.15) is 56.3 Å². The van der Waals surface area contributed by atoms with Crippen LogP contribution >= 0.6 is 0 Å². The van der Waals surface area contributed by atoms with Gasteiger partial charge < -0.3 is 30.3 Å². The third kappa shape index (κ3) is 7.09. The van der Waals surface area contributed by atoms with Crippen LogP contribution in [0.3, 0.4) is 0 Å². The summed E-state index contributed by atoms with van der Waals surface area (Å²) in [7, 11) is 1.71. The minimum atomic E-state index is -0.417. The first-order chi connectivity index (χ1) is 18.8. The molecule has 1 aliphatic carbocycles. The average Bonchev–Trinajstić information content (AvgIpc) is 2.95. The number of anilines is 2. The molecule has 3 N–H and O–H groups in total. The van der Waals surface area contributed by atoms with Crippen molar-refractivity contribution < 1.29 is 24.2 Å². The van der Waals surface area contributed by atoms with E-state index < -0.39 is 12.1 Å². The quantitative estimate of drug-likeness (QED) is 0.479. The van der Waals surface area contributed by atoms with Crippen molar-refractivity contribution in [1.29, 1.82) is 0 Å². The van der Waals surface area contributed by atoms with Crippen molar-refractivity contribution in [3.8, 4) is 5.75 Å².